The molecule has 0 radical (unpaired) electrons. The second-order valence-corrected chi connectivity index (χ2v) is 2.80. The highest BCUT2D eigenvalue weighted by molar-refractivity contribution is 5.98. The van der Waals surface area contributed by atoms with Crippen LogP contribution in [0.5, 0.6) is 0 Å². The Morgan fingerprint density at radius 2 is 2.29 bits per heavy atom. The molecule has 14 heavy (non-hydrogen) atoms. The lowest BCUT2D eigenvalue weighted by Crippen LogP contribution is -2.16. The monoisotopic (exact) mass is 193 g/mol. The zero-order chi connectivity index (χ0) is 10.6. The molecule has 0 aliphatic carbocycles. The van der Waals surface area contributed by atoms with Crippen molar-refractivity contribution in [3.63, 3.8) is 0 Å². The number of carbonyl (C=O) groups is 1. The molecule has 0 bridgehead atoms. The highest BCUT2D eigenvalue weighted by atomic mass is 16.4. The Balaban J connectivity index is 2.78. The average molecular weight is 193 g/mol. The van der Waals surface area contributed by atoms with E-state index in [2.05, 4.69) is 10.1 Å². The van der Waals surface area contributed by atoms with Gasteiger partial charge in [-0.25, -0.2) is 10.2 Å². The number of hydrogen-bond acceptors (Lipinski definition) is 3. The van der Waals surface area contributed by atoms with Crippen LogP contribution >= 0.6 is 0 Å². The number of aryl methyl sites for hydroxylation is 1. The van der Waals surface area contributed by atoms with Crippen LogP contribution in [0.15, 0.2) is 23.4 Å². The molecular weight excluding hydrogens is 182 g/mol. The SMILES string of the molecule is CC(=NNC(=O)O)c1ccc(C)nc1. The van der Waals surface area contributed by atoms with E-state index < -0.39 is 6.09 Å². The predicted octanol–water partition coefficient (Wildman–Crippen LogP) is 1.38. The van der Waals surface area contributed by atoms with Crippen LogP contribution in [0.4, 0.5) is 4.79 Å². The van der Waals surface area contributed by atoms with Crippen molar-refractivity contribution in [1.82, 2.24) is 10.4 Å². The van der Waals surface area contributed by atoms with Crippen LogP contribution < -0.4 is 5.43 Å². The average Bonchev–Trinajstić information content (AvgIpc) is 2.15. The van der Waals surface area contributed by atoms with Crippen molar-refractivity contribution in [2.75, 3.05) is 0 Å². The number of carboxylic acid groups (broad SMARTS) is 1. The van der Waals surface area contributed by atoms with E-state index in [9.17, 15) is 4.79 Å². The normalized spacial score (nSPS) is 11.1. The molecule has 1 aromatic heterocycles. The maximum atomic E-state index is 10.2. The first-order valence-electron chi connectivity index (χ1n) is 4.06. The molecule has 1 rings (SSSR count). The summed E-state index contributed by atoms with van der Waals surface area (Å²) in [5, 5.41) is 12.0. The summed E-state index contributed by atoms with van der Waals surface area (Å²) in [7, 11) is 0. The lowest BCUT2D eigenvalue weighted by molar-refractivity contribution is 0.195. The molecule has 0 aliphatic heterocycles. The maximum Gasteiger partial charge on any atom is 0.425 e. The fraction of sp³-hybridized carbons (Fsp3) is 0.222. The zero-order valence-corrected chi connectivity index (χ0v) is 7.98. The van der Waals surface area contributed by atoms with E-state index in [1.54, 1.807) is 13.1 Å². The Bertz CT molecular complexity index is 357. The summed E-state index contributed by atoms with van der Waals surface area (Å²) >= 11 is 0. The second kappa shape index (κ2) is 4.36. The van der Waals surface area contributed by atoms with Gasteiger partial charge in [0.25, 0.3) is 0 Å². The third-order valence-electron chi connectivity index (χ3n) is 1.65. The first-order valence-corrected chi connectivity index (χ1v) is 4.06. The van der Waals surface area contributed by atoms with Crippen molar-refractivity contribution in [3.8, 4) is 0 Å². The fourth-order valence-electron chi connectivity index (χ4n) is 0.878. The van der Waals surface area contributed by atoms with E-state index in [1.807, 2.05) is 24.5 Å². The molecule has 5 nitrogen and oxygen atoms in total. The molecule has 1 aromatic rings. The molecular formula is C9H11N3O2. The molecule has 0 aliphatic rings. The molecule has 0 aromatic carbocycles. The Labute approximate surface area is 81.5 Å². The summed E-state index contributed by atoms with van der Waals surface area (Å²) in [5.41, 5.74) is 4.22. The smallest absolute Gasteiger partial charge is 0.425 e. The van der Waals surface area contributed by atoms with Crippen LogP contribution in [0, 0.1) is 6.92 Å². The molecule has 1 heterocycles. The van der Waals surface area contributed by atoms with E-state index in [1.165, 1.54) is 0 Å². The lowest BCUT2D eigenvalue weighted by Gasteiger charge is -1.99. The van der Waals surface area contributed by atoms with E-state index >= 15 is 0 Å². The van der Waals surface area contributed by atoms with Gasteiger partial charge in [0.1, 0.15) is 0 Å². The van der Waals surface area contributed by atoms with Gasteiger partial charge in [-0.1, -0.05) is 0 Å². The summed E-state index contributed by atoms with van der Waals surface area (Å²) in [6.45, 7) is 3.59. The minimum Gasteiger partial charge on any atom is -0.464 e. The van der Waals surface area contributed by atoms with Crippen molar-refractivity contribution in [2.24, 2.45) is 5.10 Å². The van der Waals surface area contributed by atoms with Gasteiger partial charge in [0, 0.05) is 17.5 Å². The quantitative estimate of drug-likeness (QED) is 0.550. The standard InChI is InChI=1S/C9H11N3O2/c1-6-3-4-8(5-10-6)7(2)11-12-9(13)14/h3-5,12H,1-2H3,(H,13,14). The number of rotatable bonds is 2. The number of aromatic nitrogens is 1. The molecule has 2 N–H and O–H groups in total. The molecule has 0 atom stereocenters. The van der Waals surface area contributed by atoms with Gasteiger partial charge in [0.05, 0.1) is 5.71 Å². The largest absolute Gasteiger partial charge is 0.464 e. The van der Waals surface area contributed by atoms with Crippen molar-refractivity contribution in [2.45, 2.75) is 13.8 Å². The number of hydrazone groups is 1. The molecule has 0 saturated heterocycles. The van der Waals surface area contributed by atoms with Gasteiger partial charge in [-0.2, -0.15) is 5.10 Å². The van der Waals surface area contributed by atoms with Gasteiger partial charge < -0.3 is 5.11 Å². The Morgan fingerprint density at radius 1 is 1.57 bits per heavy atom. The first-order chi connectivity index (χ1) is 6.59. The number of pyridine rings is 1. The molecule has 0 fully saturated rings. The van der Waals surface area contributed by atoms with E-state index in [0.29, 0.717) is 5.71 Å². The van der Waals surface area contributed by atoms with Gasteiger partial charge in [0.15, 0.2) is 0 Å². The minimum atomic E-state index is -1.18. The third kappa shape index (κ3) is 2.85. The van der Waals surface area contributed by atoms with Crippen LogP contribution in [0.25, 0.3) is 0 Å². The number of amides is 1. The number of nitrogens with one attached hydrogen (secondary N) is 1. The highest BCUT2D eigenvalue weighted by Gasteiger charge is 1.98. The Hall–Kier alpha value is -1.91. The summed E-state index contributed by atoms with van der Waals surface area (Å²) in [6.07, 6.45) is 0.474. The zero-order valence-electron chi connectivity index (χ0n) is 7.98. The van der Waals surface area contributed by atoms with Gasteiger partial charge in [-0.15, -0.1) is 0 Å². The molecule has 1 amide bonds. The van der Waals surface area contributed by atoms with Crippen molar-refractivity contribution < 1.29 is 9.90 Å². The van der Waals surface area contributed by atoms with Gasteiger partial charge >= 0.3 is 6.09 Å². The molecule has 74 valence electrons. The van der Waals surface area contributed by atoms with Crippen LogP contribution in [-0.2, 0) is 0 Å². The number of nitrogens with zero attached hydrogens (tertiary/aromatic N) is 2. The van der Waals surface area contributed by atoms with E-state index in [4.69, 9.17) is 5.11 Å². The van der Waals surface area contributed by atoms with Crippen molar-refractivity contribution in [1.29, 1.82) is 0 Å². The summed E-state index contributed by atoms with van der Waals surface area (Å²) < 4.78 is 0. The summed E-state index contributed by atoms with van der Waals surface area (Å²) in [5.74, 6) is 0. The molecule has 0 saturated carbocycles. The molecule has 0 spiro atoms. The van der Waals surface area contributed by atoms with E-state index in [-0.39, 0.29) is 0 Å². The minimum absolute atomic E-state index is 0.583. The predicted molar refractivity (Wildman–Crippen MR) is 52.3 cm³/mol. The fourth-order valence-corrected chi connectivity index (χ4v) is 0.878. The Morgan fingerprint density at radius 3 is 2.79 bits per heavy atom. The van der Waals surface area contributed by atoms with Crippen LogP contribution in [-0.4, -0.2) is 21.9 Å². The Kier molecular flexibility index (Phi) is 3.17. The molecule has 5 heteroatoms. The second-order valence-electron chi connectivity index (χ2n) is 2.80. The topological polar surface area (TPSA) is 74.6 Å². The number of hydrogen-bond donors (Lipinski definition) is 2. The van der Waals surface area contributed by atoms with Crippen LogP contribution in [0.1, 0.15) is 18.2 Å². The van der Waals surface area contributed by atoms with Gasteiger partial charge in [-0.05, 0) is 26.0 Å². The third-order valence-corrected chi connectivity index (χ3v) is 1.65. The molecule has 0 unspecified atom stereocenters. The van der Waals surface area contributed by atoms with E-state index in [0.717, 1.165) is 11.3 Å². The lowest BCUT2D eigenvalue weighted by atomic mass is 10.2. The van der Waals surface area contributed by atoms with Gasteiger partial charge in [0.2, 0.25) is 0 Å². The maximum absolute atomic E-state index is 10.2. The van der Waals surface area contributed by atoms with Crippen molar-refractivity contribution >= 4 is 11.8 Å². The highest BCUT2D eigenvalue weighted by Crippen LogP contribution is 2.00. The van der Waals surface area contributed by atoms with Crippen molar-refractivity contribution in [3.05, 3.63) is 29.6 Å². The summed E-state index contributed by atoms with van der Waals surface area (Å²) in [4.78, 5) is 14.2. The van der Waals surface area contributed by atoms with Crippen LogP contribution in [0.2, 0.25) is 0 Å². The first kappa shape index (κ1) is 10.2. The van der Waals surface area contributed by atoms with Gasteiger partial charge in [-0.3, -0.25) is 4.98 Å². The summed E-state index contributed by atoms with van der Waals surface area (Å²) in [6, 6.07) is 3.68. The van der Waals surface area contributed by atoms with Crippen LogP contribution in [0.3, 0.4) is 0 Å².